The summed E-state index contributed by atoms with van der Waals surface area (Å²) in [6.07, 6.45) is 10.9. The molecule has 0 N–H and O–H groups in total. The third kappa shape index (κ3) is 5.75. The second kappa shape index (κ2) is 8.39. The molecule has 0 radical (unpaired) electrons. The number of halogens is 4. The smallest absolute Gasteiger partial charge is 0.0464 e. The molecular weight excluding hydrogens is 375 g/mol. The second-order valence-corrected chi connectivity index (χ2v) is 7.74. The number of hydrogen-bond donors (Lipinski definition) is 0. The minimum Gasteiger partial charge on any atom is -0.122 e. The van der Waals surface area contributed by atoms with Crippen molar-refractivity contribution in [3.05, 3.63) is 12.2 Å². The summed E-state index contributed by atoms with van der Waals surface area (Å²) in [4.78, 5) is 0.787. The highest BCUT2D eigenvalue weighted by Crippen LogP contribution is 2.28. The van der Waals surface area contributed by atoms with Crippen molar-refractivity contribution < 1.29 is 0 Å². The predicted molar refractivity (Wildman–Crippen MR) is 81.6 cm³/mol. The quantitative estimate of drug-likeness (QED) is 0.369. The molecule has 0 fully saturated rings. The summed E-state index contributed by atoms with van der Waals surface area (Å²) in [5.41, 5.74) is 0. The van der Waals surface area contributed by atoms with Gasteiger partial charge >= 0.3 is 0 Å². The molecule has 0 aliphatic heterocycles. The molecule has 0 saturated heterocycles. The van der Waals surface area contributed by atoms with Gasteiger partial charge in [-0.05, 0) is 38.5 Å². The van der Waals surface area contributed by atoms with E-state index < -0.39 is 0 Å². The van der Waals surface area contributed by atoms with Crippen LogP contribution < -0.4 is 0 Å². The normalized spacial score (nSPS) is 40.8. The molecular formula is C12H18Br2Cl2. The number of alkyl halides is 4. The van der Waals surface area contributed by atoms with Gasteiger partial charge in [-0.25, -0.2) is 0 Å². The van der Waals surface area contributed by atoms with Crippen LogP contribution in [-0.4, -0.2) is 20.4 Å². The molecule has 0 aromatic heterocycles. The minimum absolute atomic E-state index is 0.205. The molecule has 0 saturated carbocycles. The van der Waals surface area contributed by atoms with Crippen LogP contribution in [0.1, 0.15) is 38.5 Å². The topological polar surface area (TPSA) is 0 Å². The monoisotopic (exact) mass is 390 g/mol. The zero-order chi connectivity index (χ0) is 12.0. The average molecular weight is 393 g/mol. The van der Waals surface area contributed by atoms with Crippen molar-refractivity contribution in [3.63, 3.8) is 0 Å². The highest BCUT2D eigenvalue weighted by Gasteiger charge is 2.21. The Bertz CT molecular complexity index is 199. The van der Waals surface area contributed by atoms with Crippen LogP contribution >= 0.6 is 55.1 Å². The Balaban J connectivity index is 2.52. The van der Waals surface area contributed by atoms with Crippen LogP contribution in [0.3, 0.4) is 0 Å². The van der Waals surface area contributed by atoms with Crippen LogP contribution in [0, 0.1) is 0 Å². The predicted octanol–water partition coefficient (Wildman–Crippen LogP) is 5.64. The first-order chi connectivity index (χ1) is 7.61. The van der Waals surface area contributed by atoms with Crippen molar-refractivity contribution in [2.24, 2.45) is 0 Å². The average Bonchev–Trinajstić information content (AvgIpc) is 2.27. The Morgan fingerprint density at radius 2 is 1.25 bits per heavy atom. The molecule has 0 amide bonds. The van der Waals surface area contributed by atoms with E-state index in [9.17, 15) is 0 Å². The lowest BCUT2D eigenvalue weighted by Gasteiger charge is -2.20. The van der Waals surface area contributed by atoms with Crippen molar-refractivity contribution in [2.75, 3.05) is 0 Å². The fraction of sp³-hybridized carbons (Fsp3) is 0.833. The Morgan fingerprint density at radius 3 is 1.94 bits per heavy atom. The summed E-state index contributed by atoms with van der Waals surface area (Å²) in [5.74, 6) is 0. The van der Waals surface area contributed by atoms with Crippen molar-refractivity contribution in [2.45, 2.75) is 58.9 Å². The largest absolute Gasteiger partial charge is 0.122 e. The molecule has 0 spiro atoms. The van der Waals surface area contributed by atoms with E-state index in [0.717, 1.165) is 38.5 Å². The standard InChI is InChI=1S/C12H18Br2Cl2/c13-9-5-3-1-2-4-6-11(15)10(14)7-8-12(9)16/h1-2,9-12H,3-8H2/b2-1+. The van der Waals surface area contributed by atoms with Crippen molar-refractivity contribution in [3.8, 4) is 0 Å². The van der Waals surface area contributed by atoms with Gasteiger partial charge in [-0.15, -0.1) is 23.2 Å². The number of rotatable bonds is 0. The van der Waals surface area contributed by atoms with Crippen LogP contribution in [0.5, 0.6) is 0 Å². The first kappa shape index (κ1) is 15.3. The Kier molecular flexibility index (Phi) is 8.05. The third-order valence-electron chi connectivity index (χ3n) is 2.89. The van der Waals surface area contributed by atoms with E-state index in [0.29, 0.717) is 9.65 Å². The minimum atomic E-state index is 0.205. The van der Waals surface area contributed by atoms with Gasteiger partial charge < -0.3 is 0 Å². The molecule has 4 heteroatoms. The Hall–Kier alpha value is 1.28. The molecule has 0 heterocycles. The fourth-order valence-corrected chi connectivity index (χ4v) is 3.35. The van der Waals surface area contributed by atoms with E-state index in [-0.39, 0.29) is 10.8 Å². The summed E-state index contributed by atoms with van der Waals surface area (Å²) < 4.78 is 0. The van der Waals surface area contributed by atoms with Crippen molar-refractivity contribution >= 4 is 55.1 Å². The molecule has 1 aliphatic carbocycles. The summed E-state index contributed by atoms with van der Waals surface area (Å²) in [7, 11) is 0. The first-order valence-electron chi connectivity index (χ1n) is 5.82. The molecule has 1 rings (SSSR count). The lowest BCUT2D eigenvalue weighted by Crippen LogP contribution is -2.20. The van der Waals surface area contributed by atoms with Crippen LogP contribution in [0.15, 0.2) is 12.2 Å². The first-order valence-corrected chi connectivity index (χ1v) is 8.53. The van der Waals surface area contributed by atoms with E-state index in [1.165, 1.54) is 0 Å². The second-order valence-electron chi connectivity index (χ2n) is 4.27. The van der Waals surface area contributed by atoms with E-state index in [2.05, 4.69) is 44.0 Å². The van der Waals surface area contributed by atoms with Gasteiger partial charge in [0, 0.05) is 20.4 Å². The van der Waals surface area contributed by atoms with Crippen LogP contribution in [0.4, 0.5) is 0 Å². The molecule has 0 aromatic carbocycles. The van der Waals surface area contributed by atoms with Crippen LogP contribution in [0.25, 0.3) is 0 Å². The van der Waals surface area contributed by atoms with Gasteiger partial charge in [0.2, 0.25) is 0 Å². The van der Waals surface area contributed by atoms with Gasteiger partial charge in [0.05, 0.1) is 0 Å². The molecule has 94 valence electrons. The van der Waals surface area contributed by atoms with Gasteiger partial charge in [-0.1, -0.05) is 44.0 Å². The van der Waals surface area contributed by atoms with Gasteiger partial charge in [0.25, 0.3) is 0 Å². The van der Waals surface area contributed by atoms with Gasteiger partial charge in [-0.2, -0.15) is 0 Å². The molecule has 4 unspecified atom stereocenters. The Morgan fingerprint density at radius 1 is 0.750 bits per heavy atom. The fourth-order valence-electron chi connectivity index (χ4n) is 1.79. The molecule has 0 bridgehead atoms. The SMILES string of the molecule is ClC1CCC(Br)C(Cl)CC/C=C/CCC1Br. The molecule has 4 atom stereocenters. The van der Waals surface area contributed by atoms with Gasteiger partial charge in [0.15, 0.2) is 0 Å². The van der Waals surface area contributed by atoms with E-state index >= 15 is 0 Å². The highest BCUT2D eigenvalue weighted by atomic mass is 79.9. The third-order valence-corrected chi connectivity index (χ3v) is 6.73. The van der Waals surface area contributed by atoms with Crippen LogP contribution in [-0.2, 0) is 0 Å². The van der Waals surface area contributed by atoms with Gasteiger partial charge in [0.1, 0.15) is 0 Å². The van der Waals surface area contributed by atoms with E-state index in [1.54, 1.807) is 0 Å². The summed E-state index contributed by atoms with van der Waals surface area (Å²) in [6, 6.07) is 0. The van der Waals surface area contributed by atoms with Crippen LogP contribution in [0.2, 0.25) is 0 Å². The zero-order valence-electron chi connectivity index (χ0n) is 9.22. The zero-order valence-corrected chi connectivity index (χ0v) is 13.9. The molecule has 1 aliphatic rings. The highest BCUT2D eigenvalue weighted by molar-refractivity contribution is 9.09. The summed E-state index contributed by atoms with van der Waals surface area (Å²) >= 11 is 20.0. The molecule has 0 nitrogen and oxygen atoms in total. The summed E-state index contributed by atoms with van der Waals surface area (Å²) in [6.45, 7) is 0. The maximum Gasteiger partial charge on any atom is 0.0464 e. The lowest BCUT2D eigenvalue weighted by molar-refractivity contribution is 0.601. The molecule has 16 heavy (non-hydrogen) atoms. The van der Waals surface area contributed by atoms with E-state index in [1.807, 2.05) is 0 Å². The van der Waals surface area contributed by atoms with Crippen molar-refractivity contribution in [1.29, 1.82) is 0 Å². The summed E-state index contributed by atoms with van der Waals surface area (Å²) in [5, 5.41) is 0.415. The number of allylic oxidation sites excluding steroid dienone is 2. The maximum absolute atomic E-state index is 6.34. The number of hydrogen-bond acceptors (Lipinski definition) is 0. The lowest BCUT2D eigenvalue weighted by atomic mass is 10.0. The van der Waals surface area contributed by atoms with Gasteiger partial charge in [-0.3, -0.25) is 0 Å². The van der Waals surface area contributed by atoms with E-state index in [4.69, 9.17) is 23.2 Å². The maximum atomic E-state index is 6.34. The molecule has 0 aromatic rings. The Labute approximate surface area is 125 Å². The van der Waals surface area contributed by atoms with Crippen molar-refractivity contribution in [1.82, 2.24) is 0 Å².